The molecule has 17 nitrogen and oxygen atoms in total. The topological polar surface area (TPSA) is 237 Å². The van der Waals surface area contributed by atoms with Gasteiger partial charge in [-0.2, -0.15) is 0 Å². The van der Waals surface area contributed by atoms with Crippen LogP contribution in [0.25, 0.3) is 0 Å². The third-order valence-corrected chi connectivity index (χ3v) is 17.3. The fourth-order valence-corrected chi connectivity index (χ4v) is 11.1. The zero-order valence-corrected chi connectivity index (χ0v) is 65.9. The Morgan fingerprint density at radius 2 is 0.538 bits per heavy atom. The van der Waals surface area contributed by atoms with Gasteiger partial charge in [0.1, 0.15) is 19.3 Å². The summed E-state index contributed by atoms with van der Waals surface area (Å²) in [6.45, 7) is 4.28. The number of aliphatic hydroxyl groups is 1. The number of ether oxygens (including phenoxy) is 4. The number of hydrogen-bond donors (Lipinski definition) is 3. The van der Waals surface area contributed by atoms with Gasteiger partial charge in [0.15, 0.2) is 12.2 Å². The minimum Gasteiger partial charge on any atom is -0.462 e. The highest BCUT2D eigenvalue weighted by Gasteiger charge is 2.30. The lowest BCUT2D eigenvalue weighted by atomic mass is 10.1. The quantitative estimate of drug-likeness (QED) is 0.0169. The summed E-state index contributed by atoms with van der Waals surface area (Å²) in [7, 11) is -10.0. The van der Waals surface area contributed by atoms with Crippen LogP contribution in [0.5, 0.6) is 0 Å². The van der Waals surface area contributed by atoms with Crippen LogP contribution in [0, 0.1) is 0 Å². The lowest BCUT2D eigenvalue weighted by Crippen LogP contribution is -2.30. The zero-order chi connectivity index (χ0) is 76.0. The Kier molecular flexibility index (Phi) is 71.2. The first kappa shape index (κ1) is 98.2. The number of allylic oxidation sites excluding steroid dienone is 29. The number of esters is 4. The Morgan fingerprint density at radius 1 is 0.288 bits per heavy atom. The monoisotopic (exact) mass is 1490 g/mol. The van der Waals surface area contributed by atoms with E-state index in [1.54, 1.807) is 12.2 Å². The first-order valence-electron chi connectivity index (χ1n) is 39.0. The maximum absolute atomic E-state index is 13.1. The molecule has 0 fully saturated rings. The van der Waals surface area contributed by atoms with Crippen LogP contribution in [0.3, 0.4) is 0 Å². The van der Waals surface area contributed by atoms with E-state index < -0.39 is 97.5 Å². The summed E-state index contributed by atoms with van der Waals surface area (Å²) in [6, 6.07) is 0. The van der Waals surface area contributed by atoms with E-state index in [2.05, 4.69) is 186 Å². The van der Waals surface area contributed by atoms with E-state index in [1.807, 2.05) is 12.2 Å². The van der Waals surface area contributed by atoms with Gasteiger partial charge in [0.05, 0.1) is 32.8 Å². The third kappa shape index (κ3) is 74.4. The second kappa shape index (κ2) is 75.4. The van der Waals surface area contributed by atoms with E-state index in [9.17, 15) is 43.2 Å². The summed E-state index contributed by atoms with van der Waals surface area (Å²) >= 11 is 0. The van der Waals surface area contributed by atoms with Gasteiger partial charge in [-0.3, -0.25) is 37.3 Å². The minimum absolute atomic E-state index is 0.0606. The summed E-state index contributed by atoms with van der Waals surface area (Å²) < 4.78 is 68.4. The molecule has 588 valence electrons. The van der Waals surface area contributed by atoms with Gasteiger partial charge >= 0.3 is 39.5 Å². The highest BCUT2D eigenvalue weighted by Crippen LogP contribution is 2.45. The molecule has 5 unspecified atom stereocenters. The largest absolute Gasteiger partial charge is 0.472 e. The molecule has 0 aromatic carbocycles. The number of phosphoric acid groups is 2. The fourth-order valence-electron chi connectivity index (χ4n) is 9.54. The van der Waals surface area contributed by atoms with Crippen LogP contribution >= 0.6 is 15.6 Å². The molecule has 0 rings (SSSR count). The van der Waals surface area contributed by atoms with Crippen molar-refractivity contribution < 1.29 is 80.2 Å². The number of phosphoric ester groups is 2. The molecular formula is C85H136O17P2. The van der Waals surface area contributed by atoms with Crippen molar-refractivity contribution >= 4 is 39.5 Å². The van der Waals surface area contributed by atoms with Crippen molar-refractivity contribution in [1.29, 1.82) is 0 Å². The van der Waals surface area contributed by atoms with Crippen molar-refractivity contribution in [3.05, 3.63) is 182 Å². The minimum atomic E-state index is -5.02. The van der Waals surface area contributed by atoms with Crippen LogP contribution in [0.2, 0.25) is 0 Å². The van der Waals surface area contributed by atoms with Gasteiger partial charge in [0, 0.05) is 19.3 Å². The van der Waals surface area contributed by atoms with Crippen LogP contribution in [0.15, 0.2) is 182 Å². The van der Waals surface area contributed by atoms with Crippen molar-refractivity contribution in [3.8, 4) is 0 Å². The van der Waals surface area contributed by atoms with E-state index >= 15 is 0 Å². The van der Waals surface area contributed by atoms with E-state index in [0.717, 1.165) is 173 Å². The Bertz CT molecular complexity index is 2690. The lowest BCUT2D eigenvalue weighted by Gasteiger charge is -2.21. The van der Waals surface area contributed by atoms with Gasteiger partial charge in [-0.1, -0.05) is 268 Å². The predicted octanol–water partition coefficient (Wildman–Crippen LogP) is 22.8. The molecule has 0 aromatic rings. The second-order valence-corrected chi connectivity index (χ2v) is 28.1. The average molecular weight is 1490 g/mol. The van der Waals surface area contributed by atoms with Gasteiger partial charge in [-0.25, -0.2) is 9.13 Å². The zero-order valence-electron chi connectivity index (χ0n) is 64.1. The molecule has 0 aliphatic heterocycles. The van der Waals surface area contributed by atoms with Crippen LogP contribution in [-0.2, 0) is 65.4 Å². The summed E-state index contributed by atoms with van der Waals surface area (Å²) in [5.41, 5.74) is 0. The Labute approximate surface area is 628 Å². The molecule has 0 radical (unpaired) electrons. The van der Waals surface area contributed by atoms with Gasteiger partial charge in [0.2, 0.25) is 0 Å². The molecule has 0 aliphatic carbocycles. The van der Waals surface area contributed by atoms with Crippen LogP contribution < -0.4 is 0 Å². The molecule has 0 amide bonds. The van der Waals surface area contributed by atoms with Crippen LogP contribution in [0.4, 0.5) is 0 Å². The molecule has 0 bridgehead atoms. The maximum atomic E-state index is 13.1. The van der Waals surface area contributed by atoms with E-state index in [1.165, 1.54) is 19.3 Å². The van der Waals surface area contributed by atoms with Gasteiger partial charge in [0.25, 0.3) is 0 Å². The predicted molar refractivity (Wildman–Crippen MR) is 426 cm³/mol. The molecule has 0 saturated heterocycles. The first-order chi connectivity index (χ1) is 50.7. The van der Waals surface area contributed by atoms with E-state index in [0.29, 0.717) is 25.7 Å². The third-order valence-electron chi connectivity index (χ3n) is 15.4. The molecule has 0 aromatic heterocycles. The number of carbonyl (C=O) groups excluding carboxylic acids is 4. The summed E-state index contributed by atoms with van der Waals surface area (Å²) in [5, 5.41) is 10.6. The maximum Gasteiger partial charge on any atom is 0.472 e. The Hall–Kier alpha value is -5.84. The molecule has 0 saturated carbocycles. The van der Waals surface area contributed by atoms with Crippen LogP contribution in [-0.4, -0.2) is 96.7 Å². The molecular weight excluding hydrogens is 1350 g/mol. The molecule has 104 heavy (non-hydrogen) atoms. The molecule has 0 aliphatic rings. The number of carbonyl (C=O) groups is 4. The van der Waals surface area contributed by atoms with Crippen LogP contribution in [0.1, 0.15) is 272 Å². The Morgan fingerprint density at radius 3 is 0.875 bits per heavy atom. The Balaban J connectivity index is 5.50. The van der Waals surface area contributed by atoms with Crippen molar-refractivity contribution in [1.82, 2.24) is 0 Å². The molecule has 0 heterocycles. The molecule has 5 atom stereocenters. The van der Waals surface area contributed by atoms with Crippen molar-refractivity contribution in [2.45, 2.75) is 290 Å². The van der Waals surface area contributed by atoms with E-state index in [-0.39, 0.29) is 25.7 Å². The summed E-state index contributed by atoms with van der Waals surface area (Å²) in [6.07, 6.45) is 90.5. The number of aliphatic hydroxyl groups excluding tert-OH is 1. The lowest BCUT2D eigenvalue weighted by molar-refractivity contribution is -0.161. The summed E-state index contributed by atoms with van der Waals surface area (Å²) in [4.78, 5) is 72.9. The average Bonchev–Trinajstić information content (AvgIpc) is 0.999. The van der Waals surface area contributed by atoms with Crippen molar-refractivity contribution in [2.24, 2.45) is 0 Å². The number of rotatable bonds is 71. The first-order valence-corrected chi connectivity index (χ1v) is 42.0. The van der Waals surface area contributed by atoms with Crippen molar-refractivity contribution in [3.63, 3.8) is 0 Å². The SMILES string of the molecule is CC/C=C\C/C=C\C/C=C\C/C=C\C/C=C\CC(=O)OC(COC(=O)CCCCCCCC/C=C\C/C=C\C/C=C\C/C=C\CC)COP(=O)(O)OCC(O)COP(=O)(O)OCC(COC(=O)CCCC/C=C\C/C=C\C/C=C\C/C=C\CC)OC(=O)CCCCCCC/C=C\C/C=C\CCCCC. The highest BCUT2D eigenvalue weighted by molar-refractivity contribution is 7.47. The summed E-state index contributed by atoms with van der Waals surface area (Å²) in [5.74, 6) is -2.42. The van der Waals surface area contributed by atoms with E-state index in [4.69, 9.17) is 37.0 Å². The second-order valence-electron chi connectivity index (χ2n) is 25.2. The number of hydrogen-bond acceptors (Lipinski definition) is 15. The molecule has 19 heteroatoms. The highest BCUT2D eigenvalue weighted by atomic mass is 31.2. The standard InChI is InChI=1S/C85H136O17P2/c1-5-9-13-17-21-25-29-33-37-38-39-40-44-46-50-54-58-62-66-70-83(88)96-76-81(102-85(90)72-68-64-60-56-52-48-43-36-32-28-24-20-16-12-8-4)78-100-104(93,94)98-74-79(86)73-97-103(91,92)99-77-80(101-84(89)71-67-63-59-55-51-47-42-35-31-27-23-19-15-11-7-3)75-95-82(87)69-65-61-57-53-49-45-41-34-30-26-22-18-14-10-6-2/h9-10,12-14,16,21-28,33-37,39-43,49,52-53,56,64,68,79-81,86H,5-8,11,15,17-20,29-32,38,44-48,50-51,54-55,57-63,65-67,69-78H2,1-4H3,(H,91,92)(H,93,94)/b13-9-,14-10-,16-12-,25-21-,26-22-,27-23-,28-24-,37-33-,40-39-,41-34-,42-35-,43-36-,53-49-,56-52-,68-64-. The molecule has 3 N–H and O–H groups in total. The molecule has 0 spiro atoms. The number of unbranched alkanes of at least 4 members (excludes halogenated alkanes) is 16. The fraction of sp³-hybridized carbons (Fsp3) is 0.600. The van der Waals surface area contributed by atoms with Gasteiger partial charge in [-0.05, 0) is 161 Å². The van der Waals surface area contributed by atoms with Gasteiger partial charge < -0.3 is 33.8 Å². The normalized spacial score (nSPS) is 14.9. The van der Waals surface area contributed by atoms with Gasteiger partial charge in [-0.15, -0.1) is 0 Å². The van der Waals surface area contributed by atoms with Crippen molar-refractivity contribution in [2.75, 3.05) is 39.6 Å². The smallest absolute Gasteiger partial charge is 0.462 e.